The van der Waals surface area contributed by atoms with E-state index in [1.807, 2.05) is 13.8 Å². The van der Waals surface area contributed by atoms with Crippen LogP contribution < -0.4 is 5.32 Å². The molecule has 2 amide bonds. The molecule has 0 unspecified atom stereocenters. The van der Waals surface area contributed by atoms with Crippen LogP contribution in [0.3, 0.4) is 0 Å². The van der Waals surface area contributed by atoms with Gasteiger partial charge in [0, 0.05) is 26.9 Å². The Bertz CT molecular complexity index is 329. The SMILES string of the molecule is CCC1(CC)C(=O)NCC(=O)N1CCOCCCOC. The third kappa shape index (κ3) is 3.70. The Morgan fingerprint density at radius 1 is 1.20 bits per heavy atom. The van der Waals surface area contributed by atoms with E-state index in [1.165, 1.54) is 0 Å². The number of nitrogens with one attached hydrogen (secondary N) is 1. The second-order valence-electron chi connectivity index (χ2n) is 4.93. The highest BCUT2D eigenvalue weighted by Crippen LogP contribution is 2.26. The number of nitrogens with zero attached hydrogens (tertiary/aromatic N) is 1. The summed E-state index contributed by atoms with van der Waals surface area (Å²) in [6.07, 6.45) is 2.06. The molecule has 0 atom stereocenters. The number of carbonyl (C=O) groups excluding carboxylic acids is 2. The van der Waals surface area contributed by atoms with E-state index in [4.69, 9.17) is 9.47 Å². The highest BCUT2D eigenvalue weighted by molar-refractivity contribution is 5.97. The van der Waals surface area contributed by atoms with E-state index >= 15 is 0 Å². The Kier molecular flexibility index (Phi) is 6.95. The lowest BCUT2D eigenvalue weighted by Crippen LogP contribution is -2.67. The Morgan fingerprint density at radius 2 is 1.90 bits per heavy atom. The molecule has 1 heterocycles. The second-order valence-corrected chi connectivity index (χ2v) is 4.93. The molecule has 0 spiro atoms. The second kappa shape index (κ2) is 8.21. The van der Waals surface area contributed by atoms with E-state index < -0.39 is 5.54 Å². The fourth-order valence-corrected chi connectivity index (χ4v) is 2.63. The number of amides is 2. The van der Waals surface area contributed by atoms with Crippen molar-refractivity contribution >= 4 is 11.8 Å². The number of hydrogen-bond donors (Lipinski definition) is 1. The summed E-state index contributed by atoms with van der Waals surface area (Å²) >= 11 is 0. The minimum atomic E-state index is -0.717. The average Bonchev–Trinajstić information content (AvgIpc) is 2.46. The van der Waals surface area contributed by atoms with Gasteiger partial charge in [-0.3, -0.25) is 9.59 Å². The van der Waals surface area contributed by atoms with Crippen LogP contribution in [0.5, 0.6) is 0 Å². The van der Waals surface area contributed by atoms with Crippen molar-refractivity contribution < 1.29 is 19.1 Å². The van der Waals surface area contributed by atoms with Crippen LogP contribution in [0, 0.1) is 0 Å². The van der Waals surface area contributed by atoms with Gasteiger partial charge in [-0.25, -0.2) is 0 Å². The summed E-state index contributed by atoms with van der Waals surface area (Å²) in [7, 11) is 1.65. The summed E-state index contributed by atoms with van der Waals surface area (Å²) in [6, 6.07) is 0. The Hall–Kier alpha value is -1.14. The number of ether oxygens (including phenoxy) is 2. The highest BCUT2D eigenvalue weighted by atomic mass is 16.5. The molecule has 20 heavy (non-hydrogen) atoms. The van der Waals surface area contributed by atoms with E-state index in [9.17, 15) is 9.59 Å². The molecule has 0 aromatic carbocycles. The molecule has 1 aliphatic rings. The lowest BCUT2D eigenvalue weighted by atomic mass is 9.87. The van der Waals surface area contributed by atoms with Crippen molar-refractivity contribution in [2.45, 2.75) is 38.6 Å². The quantitative estimate of drug-likeness (QED) is 0.629. The van der Waals surface area contributed by atoms with Gasteiger partial charge in [-0.1, -0.05) is 13.8 Å². The van der Waals surface area contributed by atoms with Crippen molar-refractivity contribution in [2.75, 3.05) is 40.0 Å². The van der Waals surface area contributed by atoms with Crippen LogP contribution >= 0.6 is 0 Å². The molecule has 1 rings (SSSR count). The normalized spacial score (nSPS) is 18.2. The van der Waals surface area contributed by atoms with Crippen molar-refractivity contribution in [3.05, 3.63) is 0 Å². The Morgan fingerprint density at radius 3 is 2.50 bits per heavy atom. The Labute approximate surface area is 120 Å². The van der Waals surface area contributed by atoms with E-state index in [1.54, 1.807) is 12.0 Å². The summed E-state index contributed by atoms with van der Waals surface area (Å²) in [5.74, 6) is -0.0877. The van der Waals surface area contributed by atoms with Crippen molar-refractivity contribution in [1.82, 2.24) is 10.2 Å². The molecule has 6 heteroatoms. The fraction of sp³-hybridized carbons (Fsp3) is 0.857. The number of piperazine rings is 1. The number of carbonyl (C=O) groups is 2. The first kappa shape index (κ1) is 16.9. The van der Waals surface area contributed by atoms with Crippen molar-refractivity contribution in [3.8, 4) is 0 Å². The molecule has 116 valence electrons. The monoisotopic (exact) mass is 286 g/mol. The Balaban J connectivity index is 2.54. The van der Waals surface area contributed by atoms with E-state index in [0.717, 1.165) is 6.42 Å². The van der Waals surface area contributed by atoms with E-state index in [0.29, 0.717) is 39.2 Å². The minimum Gasteiger partial charge on any atom is -0.385 e. The van der Waals surface area contributed by atoms with Gasteiger partial charge in [-0.2, -0.15) is 0 Å². The summed E-state index contributed by atoms with van der Waals surface area (Å²) in [4.78, 5) is 25.9. The minimum absolute atomic E-state index is 0.0335. The van der Waals surface area contributed by atoms with E-state index in [-0.39, 0.29) is 18.4 Å². The topological polar surface area (TPSA) is 67.9 Å². The summed E-state index contributed by atoms with van der Waals surface area (Å²) in [5.41, 5.74) is -0.717. The van der Waals surface area contributed by atoms with Crippen molar-refractivity contribution in [1.29, 1.82) is 0 Å². The first-order valence-corrected chi connectivity index (χ1v) is 7.27. The fourth-order valence-electron chi connectivity index (χ4n) is 2.63. The predicted molar refractivity (Wildman–Crippen MR) is 75.3 cm³/mol. The van der Waals surface area contributed by atoms with Gasteiger partial charge in [0.05, 0.1) is 13.2 Å². The van der Waals surface area contributed by atoms with Crippen LogP contribution in [-0.4, -0.2) is 62.3 Å². The molecular weight excluding hydrogens is 260 g/mol. The standard InChI is InChI=1S/C14H26N2O4/c1-4-14(5-2)13(18)15-11-12(17)16(14)7-10-20-9-6-8-19-3/h4-11H2,1-3H3,(H,15,18). The number of rotatable bonds is 9. The van der Waals surface area contributed by atoms with Gasteiger partial charge in [-0.15, -0.1) is 0 Å². The van der Waals surface area contributed by atoms with Crippen LogP contribution in [0.4, 0.5) is 0 Å². The molecule has 6 nitrogen and oxygen atoms in total. The van der Waals surface area contributed by atoms with Gasteiger partial charge < -0.3 is 19.7 Å². The largest absolute Gasteiger partial charge is 0.385 e. The van der Waals surface area contributed by atoms with Gasteiger partial charge >= 0.3 is 0 Å². The average molecular weight is 286 g/mol. The maximum absolute atomic E-state index is 12.1. The highest BCUT2D eigenvalue weighted by Gasteiger charge is 2.46. The molecule has 1 fully saturated rings. The lowest BCUT2D eigenvalue weighted by molar-refractivity contribution is -0.155. The molecule has 0 aliphatic carbocycles. The maximum atomic E-state index is 12.1. The molecule has 1 aliphatic heterocycles. The number of methoxy groups -OCH3 is 1. The maximum Gasteiger partial charge on any atom is 0.246 e. The smallest absolute Gasteiger partial charge is 0.246 e. The summed E-state index contributed by atoms with van der Waals surface area (Å²) < 4.78 is 10.4. The molecular formula is C14H26N2O4. The van der Waals surface area contributed by atoms with Crippen LogP contribution in [0.1, 0.15) is 33.1 Å². The van der Waals surface area contributed by atoms with Crippen LogP contribution in [0.2, 0.25) is 0 Å². The molecule has 0 aromatic heterocycles. The van der Waals surface area contributed by atoms with Gasteiger partial charge in [0.15, 0.2) is 0 Å². The first-order chi connectivity index (χ1) is 9.62. The van der Waals surface area contributed by atoms with Crippen molar-refractivity contribution in [2.24, 2.45) is 0 Å². The summed E-state index contributed by atoms with van der Waals surface area (Å²) in [5, 5.41) is 2.69. The molecule has 0 bridgehead atoms. The summed E-state index contributed by atoms with van der Waals surface area (Å²) in [6.45, 7) is 6.14. The van der Waals surface area contributed by atoms with Crippen LogP contribution in [-0.2, 0) is 19.1 Å². The van der Waals surface area contributed by atoms with Gasteiger partial charge in [0.25, 0.3) is 0 Å². The zero-order chi connectivity index (χ0) is 15.0. The molecule has 0 aromatic rings. The zero-order valence-corrected chi connectivity index (χ0v) is 12.7. The lowest BCUT2D eigenvalue weighted by Gasteiger charge is -2.45. The van der Waals surface area contributed by atoms with Gasteiger partial charge in [0.2, 0.25) is 11.8 Å². The number of hydrogen-bond acceptors (Lipinski definition) is 4. The first-order valence-electron chi connectivity index (χ1n) is 7.27. The zero-order valence-electron chi connectivity index (χ0n) is 12.7. The molecule has 0 radical (unpaired) electrons. The van der Waals surface area contributed by atoms with Crippen LogP contribution in [0.15, 0.2) is 0 Å². The van der Waals surface area contributed by atoms with Gasteiger partial charge in [0.1, 0.15) is 5.54 Å². The third-order valence-electron chi connectivity index (χ3n) is 3.91. The molecule has 1 saturated heterocycles. The third-order valence-corrected chi connectivity index (χ3v) is 3.91. The predicted octanol–water partition coefficient (Wildman–Crippen LogP) is 0.557. The van der Waals surface area contributed by atoms with Crippen LogP contribution in [0.25, 0.3) is 0 Å². The van der Waals surface area contributed by atoms with Crippen molar-refractivity contribution in [3.63, 3.8) is 0 Å². The van der Waals surface area contributed by atoms with E-state index in [2.05, 4.69) is 5.32 Å². The van der Waals surface area contributed by atoms with Gasteiger partial charge in [-0.05, 0) is 19.3 Å². The molecule has 0 saturated carbocycles. The molecule has 1 N–H and O–H groups in total.